The molecule has 0 aliphatic rings. The van der Waals surface area contributed by atoms with Crippen LogP contribution in [0.3, 0.4) is 0 Å². The highest BCUT2D eigenvalue weighted by molar-refractivity contribution is 5.97. The zero-order valence-electron chi connectivity index (χ0n) is 17.5. The van der Waals surface area contributed by atoms with Gasteiger partial charge in [-0.05, 0) is 62.2 Å². The van der Waals surface area contributed by atoms with E-state index in [9.17, 15) is 10.1 Å². The van der Waals surface area contributed by atoms with Gasteiger partial charge in [0.25, 0.3) is 5.91 Å². The first-order chi connectivity index (χ1) is 14.0. The Kier molecular flexibility index (Phi) is 8.11. The minimum absolute atomic E-state index is 0.0192. The van der Waals surface area contributed by atoms with Crippen LogP contribution >= 0.6 is 0 Å². The highest BCUT2D eigenvalue weighted by atomic mass is 16.5. The molecule has 0 aliphatic heterocycles. The normalized spacial score (nSPS) is 10.8. The molecule has 0 aromatic heterocycles. The van der Waals surface area contributed by atoms with Crippen molar-refractivity contribution in [1.82, 2.24) is 5.32 Å². The average molecular weight is 393 g/mol. The smallest absolute Gasteiger partial charge is 0.263 e. The van der Waals surface area contributed by atoms with Crippen LogP contribution in [0.2, 0.25) is 0 Å². The summed E-state index contributed by atoms with van der Waals surface area (Å²) in [4.78, 5) is 14.6. The lowest BCUT2D eigenvalue weighted by atomic mass is 10.1. The van der Waals surface area contributed by atoms with E-state index in [1.807, 2.05) is 49.4 Å². The molecule has 6 nitrogen and oxygen atoms in total. The van der Waals surface area contributed by atoms with Crippen LogP contribution in [-0.2, 0) is 11.3 Å². The van der Waals surface area contributed by atoms with Gasteiger partial charge >= 0.3 is 0 Å². The molecule has 0 unspecified atom stereocenters. The van der Waals surface area contributed by atoms with Crippen molar-refractivity contribution in [1.29, 1.82) is 5.26 Å². The SMILES string of the molecule is CCN(CC)c1ccc(N/C=C(/C#N)C(=O)NCc2ccc(OC)cc2)c(C)c1. The lowest BCUT2D eigenvalue weighted by Crippen LogP contribution is -2.24. The minimum Gasteiger partial charge on any atom is -0.497 e. The predicted molar refractivity (Wildman–Crippen MR) is 117 cm³/mol. The predicted octanol–water partition coefficient (Wildman–Crippen LogP) is 3.99. The Bertz CT molecular complexity index is 894. The lowest BCUT2D eigenvalue weighted by molar-refractivity contribution is -0.117. The van der Waals surface area contributed by atoms with Crippen LogP contribution < -0.4 is 20.3 Å². The summed E-state index contributed by atoms with van der Waals surface area (Å²) in [5.41, 5.74) is 4.00. The number of methoxy groups -OCH3 is 1. The van der Waals surface area contributed by atoms with Gasteiger partial charge in [-0.1, -0.05) is 12.1 Å². The monoisotopic (exact) mass is 392 g/mol. The standard InChI is InChI=1S/C23H28N4O2/c1-5-27(6-2)20-9-12-22(17(3)13-20)25-16-19(14-24)23(28)26-15-18-7-10-21(29-4)11-8-18/h7-13,16,25H,5-6,15H2,1-4H3,(H,26,28)/b19-16-. The maximum absolute atomic E-state index is 12.3. The number of nitrogens with one attached hydrogen (secondary N) is 2. The lowest BCUT2D eigenvalue weighted by Gasteiger charge is -2.22. The fourth-order valence-electron chi connectivity index (χ4n) is 2.91. The van der Waals surface area contributed by atoms with Crippen molar-refractivity contribution in [3.8, 4) is 11.8 Å². The highest BCUT2D eigenvalue weighted by Crippen LogP contribution is 2.23. The quantitative estimate of drug-likeness (QED) is 0.498. The van der Waals surface area contributed by atoms with Gasteiger partial charge in [0.05, 0.1) is 7.11 Å². The molecule has 152 valence electrons. The number of hydrogen-bond acceptors (Lipinski definition) is 5. The minimum atomic E-state index is -0.423. The third-order valence-electron chi connectivity index (χ3n) is 4.69. The molecule has 2 rings (SSSR count). The van der Waals surface area contributed by atoms with Gasteiger partial charge in [0.15, 0.2) is 0 Å². The van der Waals surface area contributed by atoms with Crippen LogP contribution in [0.15, 0.2) is 54.2 Å². The fourth-order valence-corrected chi connectivity index (χ4v) is 2.91. The number of rotatable bonds is 9. The van der Waals surface area contributed by atoms with Gasteiger partial charge in [-0.15, -0.1) is 0 Å². The van der Waals surface area contributed by atoms with Crippen molar-refractivity contribution < 1.29 is 9.53 Å². The zero-order chi connectivity index (χ0) is 21.2. The molecule has 2 aromatic rings. The second-order valence-corrected chi connectivity index (χ2v) is 6.52. The number of anilines is 2. The van der Waals surface area contributed by atoms with E-state index in [-0.39, 0.29) is 5.57 Å². The third kappa shape index (κ3) is 6.01. The molecule has 6 heteroatoms. The van der Waals surface area contributed by atoms with E-state index in [1.54, 1.807) is 7.11 Å². The molecule has 0 bridgehead atoms. The molecule has 0 saturated carbocycles. The summed E-state index contributed by atoms with van der Waals surface area (Å²) < 4.78 is 5.12. The number of nitriles is 1. The van der Waals surface area contributed by atoms with Gasteiger partial charge in [0.2, 0.25) is 0 Å². The van der Waals surface area contributed by atoms with Gasteiger partial charge in [-0.3, -0.25) is 4.79 Å². The molecule has 29 heavy (non-hydrogen) atoms. The van der Waals surface area contributed by atoms with E-state index in [0.29, 0.717) is 6.54 Å². The van der Waals surface area contributed by atoms with Crippen LogP contribution in [0.4, 0.5) is 11.4 Å². The molecule has 2 N–H and O–H groups in total. The molecule has 1 amide bonds. The largest absolute Gasteiger partial charge is 0.497 e. The van der Waals surface area contributed by atoms with Crippen molar-refractivity contribution in [3.05, 3.63) is 65.4 Å². The maximum Gasteiger partial charge on any atom is 0.263 e. The molecular formula is C23H28N4O2. The number of benzene rings is 2. The molecule has 0 heterocycles. The number of aryl methyl sites for hydroxylation is 1. The first-order valence-electron chi connectivity index (χ1n) is 9.65. The Labute approximate surface area is 172 Å². The second kappa shape index (κ2) is 10.8. The van der Waals surface area contributed by atoms with Gasteiger partial charge < -0.3 is 20.3 Å². The highest BCUT2D eigenvalue weighted by Gasteiger charge is 2.10. The van der Waals surface area contributed by atoms with Crippen molar-refractivity contribution in [2.45, 2.75) is 27.3 Å². The van der Waals surface area contributed by atoms with E-state index < -0.39 is 5.91 Å². The first-order valence-corrected chi connectivity index (χ1v) is 9.65. The van der Waals surface area contributed by atoms with Crippen molar-refractivity contribution in [2.75, 3.05) is 30.4 Å². The summed E-state index contributed by atoms with van der Waals surface area (Å²) in [5.74, 6) is 0.331. The van der Waals surface area contributed by atoms with Crippen LogP contribution in [0.1, 0.15) is 25.0 Å². The molecule has 0 spiro atoms. The Morgan fingerprint density at radius 2 is 1.86 bits per heavy atom. The molecular weight excluding hydrogens is 364 g/mol. The summed E-state index contributed by atoms with van der Waals surface area (Å²) in [6.07, 6.45) is 1.45. The Morgan fingerprint density at radius 3 is 2.41 bits per heavy atom. The van der Waals surface area contributed by atoms with Crippen LogP contribution in [-0.4, -0.2) is 26.1 Å². The number of carbonyl (C=O) groups excluding carboxylic acids is 1. The fraction of sp³-hybridized carbons (Fsp3) is 0.304. The molecule has 0 radical (unpaired) electrons. The topological polar surface area (TPSA) is 77.4 Å². The summed E-state index contributed by atoms with van der Waals surface area (Å²) in [7, 11) is 1.60. The van der Waals surface area contributed by atoms with Gasteiger partial charge in [-0.2, -0.15) is 5.26 Å². The molecule has 0 aliphatic carbocycles. The number of hydrogen-bond donors (Lipinski definition) is 2. The summed E-state index contributed by atoms with van der Waals surface area (Å²) >= 11 is 0. The molecule has 0 atom stereocenters. The third-order valence-corrected chi connectivity index (χ3v) is 4.69. The van der Waals surface area contributed by atoms with Gasteiger partial charge in [-0.25, -0.2) is 0 Å². The molecule has 0 fully saturated rings. The van der Waals surface area contributed by atoms with E-state index >= 15 is 0 Å². The Hall–Kier alpha value is -3.46. The summed E-state index contributed by atoms with van der Waals surface area (Å²) in [5, 5.41) is 15.2. The van der Waals surface area contributed by atoms with Crippen molar-refractivity contribution >= 4 is 17.3 Å². The van der Waals surface area contributed by atoms with Crippen LogP contribution in [0.25, 0.3) is 0 Å². The Morgan fingerprint density at radius 1 is 1.17 bits per heavy atom. The number of amides is 1. The molecule has 2 aromatic carbocycles. The van der Waals surface area contributed by atoms with Gasteiger partial charge in [0.1, 0.15) is 17.4 Å². The zero-order valence-corrected chi connectivity index (χ0v) is 17.5. The molecule has 0 saturated heterocycles. The van der Waals surface area contributed by atoms with E-state index in [2.05, 4.69) is 35.4 Å². The van der Waals surface area contributed by atoms with Crippen LogP contribution in [0.5, 0.6) is 5.75 Å². The summed E-state index contributed by atoms with van der Waals surface area (Å²) in [6.45, 7) is 8.46. The number of carbonyl (C=O) groups is 1. The number of ether oxygens (including phenoxy) is 1. The first kappa shape index (κ1) is 21.8. The maximum atomic E-state index is 12.3. The van der Waals surface area contributed by atoms with Crippen LogP contribution in [0, 0.1) is 18.3 Å². The summed E-state index contributed by atoms with van der Waals surface area (Å²) in [6, 6.07) is 15.4. The van der Waals surface area contributed by atoms with E-state index in [0.717, 1.165) is 41.3 Å². The van der Waals surface area contributed by atoms with Crippen molar-refractivity contribution in [2.24, 2.45) is 0 Å². The average Bonchev–Trinajstić information content (AvgIpc) is 2.75. The Balaban J connectivity index is 2.01. The number of nitrogens with zero attached hydrogens (tertiary/aromatic N) is 2. The van der Waals surface area contributed by atoms with E-state index in [1.165, 1.54) is 6.20 Å². The van der Waals surface area contributed by atoms with Crippen molar-refractivity contribution in [3.63, 3.8) is 0 Å². The van der Waals surface area contributed by atoms with Gasteiger partial charge in [0, 0.05) is 37.2 Å². The van der Waals surface area contributed by atoms with E-state index in [4.69, 9.17) is 4.74 Å². The second-order valence-electron chi connectivity index (χ2n) is 6.52.